The zero-order valence-electron chi connectivity index (χ0n) is 16.8. The first-order valence-corrected chi connectivity index (χ1v) is 10.7. The predicted octanol–water partition coefficient (Wildman–Crippen LogP) is 8.15. The molecule has 0 aliphatic carbocycles. The second-order valence-electron chi connectivity index (χ2n) is 7.62. The summed E-state index contributed by atoms with van der Waals surface area (Å²) in [6.45, 7) is 9.37. The van der Waals surface area contributed by atoms with Crippen LogP contribution < -0.4 is 0 Å². The highest BCUT2D eigenvalue weighted by atomic mass is 14.2. The average molecular weight is 321 g/mol. The molecule has 0 heterocycles. The van der Waals surface area contributed by atoms with Gasteiger partial charge in [-0.1, -0.05) is 98.3 Å². The van der Waals surface area contributed by atoms with Crippen molar-refractivity contribution in [3.05, 3.63) is 0 Å². The van der Waals surface area contributed by atoms with Crippen LogP contribution in [0.3, 0.4) is 0 Å². The summed E-state index contributed by atoms with van der Waals surface area (Å²) in [5.74, 6) is 8.50. The smallest absolute Gasteiger partial charge is 0.00886 e. The lowest BCUT2D eigenvalue weighted by atomic mass is 9.86. The molecule has 0 aliphatic heterocycles. The normalized spacial score (nSPS) is 12.2. The van der Waals surface area contributed by atoms with E-state index in [-0.39, 0.29) is 0 Å². The molecule has 0 aromatic carbocycles. The molecule has 0 saturated heterocycles. The third-order valence-corrected chi connectivity index (χ3v) is 5.03. The van der Waals surface area contributed by atoms with E-state index in [4.69, 9.17) is 0 Å². The summed E-state index contributed by atoms with van der Waals surface area (Å²) in [7, 11) is 0. The molecule has 0 heteroatoms. The molecule has 0 nitrogen and oxygen atoms in total. The molecule has 136 valence electrons. The molecule has 0 aromatic heterocycles. The van der Waals surface area contributed by atoms with E-state index in [2.05, 4.69) is 39.5 Å². The van der Waals surface area contributed by atoms with Crippen molar-refractivity contribution in [2.75, 3.05) is 0 Å². The first-order valence-electron chi connectivity index (χ1n) is 10.7. The van der Waals surface area contributed by atoms with Crippen LogP contribution in [0.25, 0.3) is 0 Å². The van der Waals surface area contributed by atoms with Crippen molar-refractivity contribution < 1.29 is 0 Å². The van der Waals surface area contributed by atoms with Gasteiger partial charge in [-0.3, -0.25) is 0 Å². The van der Waals surface area contributed by atoms with Gasteiger partial charge in [0.05, 0.1) is 0 Å². The first-order chi connectivity index (χ1) is 11.2. The highest BCUT2D eigenvalue weighted by Gasteiger charge is 2.12. The van der Waals surface area contributed by atoms with Crippen LogP contribution in [-0.4, -0.2) is 0 Å². The molecule has 23 heavy (non-hydrogen) atoms. The molecule has 0 fully saturated rings. The largest absolute Gasteiger partial charge is 0.103 e. The molecule has 1 unspecified atom stereocenters. The topological polar surface area (TPSA) is 0 Å². The second-order valence-corrected chi connectivity index (χ2v) is 7.62. The van der Waals surface area contributed by atoms with Gasteiger partial charge in [-0.25, -0.2) is 0 Å². The Morgan fingerprint density at radius 1 is 0.565 bits per heavy atom. The van der Waals surface area contributed by atoms with E-state index in [9.17, 15) is 0 Å². The van der Waals surface area contributed by atoms with Crippen LogP contribution in [0.5, 0.6) is 0 Å². The lowest BCUT2D eigenvalue weighted by Crippen LogP contribution is -2.08. The highest BCUT2D eigenvalue weighted by Crippen LogP contribution is 2.25. The summed E-state index contributed by atoms with van der Waals surface area (Å²) < 4.78 is 0. The van der Waals surface area contributed by atoms with E-state index < -0.39 is 0 Å². The summed E-state index contributed by atoms with van der Waals surface area (Å²) in [6.07, 6.45) is 20.3. The monoisotopic (exact) mass is 320 g/mol. The van der Waals surface area contributed by atoms with Crippen LogP contribution in [-0.2, 0) is 0 Å². The zero-order valence-corrected chi connectivity index (χ0v) is 16.8. The number of hydrogen-bond donors (Lipinski definition) is 0. The molecular formula is C23H44. The Labute approximate surface area is 148 Å². The Morgan fingerprint density at radius 2 is 1.00 bits per heavy atom. The van der Waals surface area contributed by atoms with Crippen LogP contribution in [0, 0.1) is 23.7 Å². The van der Waals surface area contributed by atoms with Crippen molar-refractivity contribution in [1.82, 2.24) is 0 Å². The first kappa shape index (κ1) is 22.6. The molecule has 0 aliphatic rings. The van der Waals surface area contributed by atoms with Gasteiger partial charge in [0.1, 0.15) is 0 Å². The summed E-state index contributed by atoms with van der Waals surface area (Å²) in [4.78, 5) is 0. The van der Waals surface area contributed by atoms with Crippen LogP contribution in [0.1, 0.15) is 124 Å². The molecule has 0 spiro atoms. The zero-order chi connectivity index (χ0) is 17.2. The Balaban J connectivity index is 3.60. The molecular weight excluding hydrogens is 276 g/mol. The summed E-state index contributed by atoms with van der Waals surface area (Å²) in [5.41, 5.74) is 0. The van der Waals surface area contributed by atoms with Gasteiger partial charge in [-0.15, -0.1) is 11.8 Å². The van der Waals surface area contributed by atoms with Gasteiger partial charge in [0.15, 0.2) is 0 Å². The molecule has 0 aromatic rings. The lowest BCUT2D eigenvalue weighted by molar-refractivity contribution is 0.315. The minimum Gasteiger partial charge on any atom is -0.103 e. The molecule has 0 saturated carbocycles. The van der Waals surface area contributed by atoms with Gasteiger partial charge in [0.25, 0.3) is 0 Å². The van der Waals surface area contributed by atoms with E-state index in [1.54, 1.807) is 0 Å². The maximum atomic E-state index is 3.37. The number of hydrogen-bond acceptors (Lipinski definition) is 0. The highest BCUT2D eigenvalue weighted by molar-refractivity contribution is 4.98. The van der Waals surface area contributed by atoms with E-state index in [0.717, 1.165) is 24.7 Å². The minimum absolute atomic E-state index is 0.853. The van der Waals surface area contributed by atoms with Crippen LogP contribution in [0.4, 0.5) is 0 Å². The number of unbranched alkanes of at least 4 members (excludes halogenated alkanes) is 10. The Hall–Kier alpha value is -0.440. The van der Waals surface area contributed by atoms with Crippen LogP contribution in [0.2, 0.25) is 0 Å². The fraction of sp³-hybridized carbons (Fsp3) is 0.913. The third-order valence-electron chi connectivity index (χ3n) is 5.03. The van der Waals surface area contributed by atoms with Gasteiger partial charge in [-0.2, -0.15) is 0 Å². The molecule has 0 N–H and O–H groups in total. The average Bonchev–Trinajstić information content (AvgIpc) is 2.54. The van der Waals surface area contributed by atoms with Crippen molar-refractivity contribution in [3.63, 3.8) is 0 Å². The van der Waals surface area contributed by atoms with Crippen molar-refractivity contribution in [2.45, 2.75) is 124 Å². The van der Waals surface area contributed by atoms with E-state index >= 15 is 0 Å². The fourth-order valence-electron chi connectivity index (χ4n) is 3.26. The third kappa shape index (κ3) is 16.2. The van der Waals surface area contributed by atoms with Crippen LogP contribution in [0.15, 0.2) is 0 Å². The standard InChI is InChI=1S/C23H44/c1-5-7-9-11-13-14-15-17-19-21-23(22(3)4)20-18-16-12-10-8-6-2/h22-23H,5-12,15-21H2,1-4H3. The Bertz CT molecular complexity index is 278. The fourth-order valence-corrected chi connectivity index (χ4v) is 3.26. The van der Waals surface area contributed by atoms with E-state index in [0.29, 0.717) is 0 Å². The second kappa shape index (κ2) is 17.9. The van der Waals surface area contributed by atoms with Gasteiger partial charge in [-0.05, 0) is 24.7 Å². The van der Waals surface area contributed by atoms with Crippen molar-refractivity contribution in [2.24, 2.45) is 11.8 Å². The molecule has 1 atom stereocenters. The number of rotatable bonds is 15. The predicted molar refractivity (Wildman–Crippen MR) is 107 cm³/mol. The van der Waals surface area contributed by atoms with Crippen molar-refractivity contribution >= 4 is 0 Å². The molecule has 0 rings (SSSR count). The van der Waals surface area contributed by atoms with E-state index in [1.165, 1.54) is 83.5 Å². The van der Waals surface area contributed by atoms with Gasteiger partial charge < -0.3 is 0 Å². The molecule has 0 amide bonds. The SMILES string of the molecule is CCCCCC#CCCCCC(CCCCCCCC)C(C)C. The van der Waals surface area contributed by atoms with Gasteiger partial charge in [0.2, 0.25) is 0 Å². The Morgan fingerprint density at radius 3 is 1.57 bits per heavy atom. The quantitative estimate of drug-likeness (QED) is 0.211. The maximum absolute atomic E-state index is 3.37. The summed E-state index contributed by atoms with van der Waals surface area (Å²) in [5, 5.41) is 0. The minimum atomic E-state index is 0.853. The maximum Gasteiger partial charge on any atom is 0.00886 e. The molecule has 0 bridgehead atoms. The van der Waals surface area contributed by atoms with Crippen molar-refractivity contribution in [1.29, 1.82) is 0 Å². The molecule has 0 radical (unpaired) electrons. The van der Waals surface area contributed by atoms with Gasteiger partial charge in [0, 0.05) is 12.8 Å². The van der Waals surface area contributed by atoms with Crippen LogP contribution >= 0.6 is 0 Å². The summed E-state index contributed by atoms with van der Waals surface area (Å²) in [6, 6.07) is 0. The summed E-state index contributed by atoms with van der Waals surface area (Å²) >= 11 is 0. The van der Waals surface area contributed by atoms with E-state index in [1.807, 2.05) is 0 Å². The van der Waals surface area contributed by atoms with Crippen molar-refractivity contribution in [3.8, 4) is 11.8 Å². The Kier molecular flexibility index (Phi) is 17.6. The lowest BCUT2D eigenvalue weighted by Gasteiger charge is -2.20. The van der Waals surface area contributed by atoms with Gasteiger partial charge >= 0.3 is 0 Å².